The van der Waals surface area contributed by atoms with Gasteiger partial charge in [-0.15, -0.1) is 0 Å². The van der Waals surface area contributed by atoms with Crippen LogP contribution in [0.4, 0.5) is 0 Å². The predicted molar refractivity (Wildman–Crippen MR) is 77.5 cm³/mol. The van der Waals surface area contributed by atoms with Crippen LogP contribution in [0.2, 0.25) is 0 Å². The molecule has 0 amide bonds. The third-order valence-corrected chi connectivity index (χ3v) is 5.39. The summed E-state index contributed by atoms with van der Waals surface area (Å²) in [5.41, 5.74) is 0.0344. The molecule has 0 aliphatic rings. The zero-order valence-electron chi connectivity index (χ0n) is 12.1. The van der Waals surface area contributed by atoms with Gasteiger partial charge in [-0.25, -0.2) is 0 Å². The molecule has 1 rings (SSSR count). The second-order valence-corrected chi connectivity index (χ2v) is 7.16. The topological polar surface area (TPSA) is 54.4 Å². The minimum atomic E-state index is -1.45. The highest BCUT2D eigenvalue weighted by Gasteiger charge is 2.37. The Morgan fingerprint density at radius 2 is 1.74 bits per heavy atom. The van der Waals surface area contributed by atoms with Crippen molar-refractivity contribution in [3.63, 3.8) is 0 Å². The van der Waals surface area contributed by atoms with Gasteiger partial charge < -0.3 is 5.11 Å². The Balaban J connectivity index is 3.10. The first-order valence-electron chi connectivity index (χ1n) is 6.34. The molecular formula is C15H22O3S. The van der Waals surface area contributed by atoms with E-state index in [1.54, 1.807) is 32.9 Å². The van der Waals surface area contributed by atoms with Gasteiger partial charge in [0.2, 0.25) is 0 Å². The lowest BCUT2D eigenvalue weighted by Crippen LogP contribution is -2.43. The van der Waals surface area contributed by atoms with Gasteiger partial charge in [0.05, 0.1) is 16.4 Å². The second-order valence-electron chi connectivity index (χ2n) is 5.58. The van der Waals surface area contributed by atoms with Gasteiger partial charge in [-0.3, -0.25) is 9.00 Å². The monoisotopic (exact) mass is 282 g/mol. The molecule has 0 spiro atoms. The smallest absolute Gasteiger partial charge is 0.146 e. The van der Waals surface area contributed by atoms with Crippen molar-refractivity contribution in [2.45, 2.75) is 50.4 Å². The number of ketones is 1. The van der Waals surface area contributed by atoms with Crippen molar-refractivity contribution in [2.24, 2.45) is 5.92 Å². The highest BCUT2D eigenvalue weighted by Crippen LogP contribution is 2.27. The summed E-state index contributed by atoms with van der Waals surface area (Å²) < 4.78 is 12.6. The van der Waals surface area contributed by atoms with Crippen molar-refractivity contribution in [1.82, 2.24) is 0 Å². The Labute approximate surface area is 117 Å². The Morgan fingerprint density at radius 1 is 1.26 bits per heavy atom. The SMILES string of the molecule is CC(=O)C(C(C)C(C)(C)O)S(=O)c1ccc(C)cc1. The van der Waals surface area contributed by atoms with E-state index in [2.05, 4.69) is 0 Å². The maximum Gasteiger partial charge on any atom is 0.146 e. The number of benzene rings is 1. The molecule has 106 valence electrons. The lowest BCUT2D eigenvalue weighted by Gasteiger charge is -2.31. The van der Waals surface area contributed by atoms with Gasteiger partial charge >= 0.3 is 0 Å². The molecule has 0 radical (unpaired) electrons. The molecule has 0 fully saturated rings. The van der Waals surface area contributed by atoms with Gasteiger partial charge in [-0.1, -0.05) is 24.6 Å². The van der Waals surface area contributed by atoms with E-state index in [0.717, 1.165) is 5.56 Å². The Bertz CT molecular complexity index is 471. The minimum Gasteiger partial charge on any atom is -0.390 e. The van der Waals surface area contributed by atoms with Crippen molar-refractivity contribution in [2.75, 3.05) is 0 Å². The van der Waals surface area contributed by atoms with Gasteiger partial charge in [0.1, 0.15) is 11.0 Å². The normalized spacial score (nSPS) is 16.7. The number of rotatable bonds is 5. The van der Waals surface area contributed by atoms with Crippen molar-refractivity contribution < 1.29 is 14.1 Å². The zero-order chi connectivity index (χ0) is 14.8. The minimum absolute atomic E-state index is 0.159. The maximum absolute atomic E-state index is 12.6. The predicted octanol–water partition coefficient (Wildman–Crippen LogP) is 2.47. The lowest BCUT2D eigenvalue weighted by molar-refractivity contribution is -0.119. The van der Waals surface area contributed by atoms with E-state index in [0.29, 0.717) is 4.90 Å². The van der Waals surface area contributed by atoms with Crippen molar-refractivity contribution >= 4 is 16.6 Å². The number of Topliss-reactive ketones (excluding diaryl/α,β-unsaturated/α-hetero) is 1. The van der Waals surface area contributed by atoms with Crippen LogP contribution < -0.4 is 0 Å². The van der Waals surface area contributed by atoms with Crippen LogP contribution in [0.1, 0.15) is 33.3 Å². The molecular weight excluding hydrogens is 260 g/mol. The summed E-state index contributed by atoms with van der Waals surface area (Å²) in [6.07, 6.45) is 0. The van der Waals surface area contributed by atoms with E-state index in [-0.39, 0.29) is 11.7 Å². The maximum atomic E-state index is 12.6. The average Bonchev–Trinajstić information content (AvgIpc) is 2.28. The van der Waals surface area contributed by atoms with Gasteiger partial charge in [0.25, 0.3) is 0 Å². The van der Waals surface area contributed by atoms with Crippen LogP contribution in [0.5, 0.6) is 0 Å². The highest BCUT2D eigenvalue weighted by atomic mass is 32.2. The summed E-state index contributed by atoms with van der Waals surface area (Å²) in [5, 5.41) is 9.37. The molecule has 1 N–H and O–H groups in total. The first-order valence-corrected chi connectivity index (χ1v) is 7.56. The van der Waals surface area contributed by atoms with E-state index in [1.165, 1.54) is 6.92 Å². The van der Waals surface area contributed by atoms with Crippen molar-refractivity contribution in [3.05, 3.63) is 29.8 Å². The molecule has 3 unspecified atom stereocenters. The molecule has 19 heavy (non-hydrogen) atoms. The average molecular weight is 282 g/mol. The fourth-order valence-corrected chi connectivity index (χ4v) is 3.58. The zero-order valence-corrected chi connectivity index (χ0v) is 13.0. The summed E-state index contributed by atoms with van der Waals surface area (Å²) in [6.45, 7) is 8.42. The van der Waals surface area contributed by atoms with Crippen molar-refractivity contribution in [1.29, 1.82) is 0 Å². The van der Waals surface area contributed by atoms with E-state index in [1.807, 2.05) is 19.1 Å². The molecule has 3 nitrogen and oxygen atoms in total. The van der Waals surface area contributed by atoms with Gasteiger partial charge in [-0.05, 0) is 39.8 Å². The van der Waals surface area contributed by atoms with Gasteiger partial charge in [-0.2, -0.15) is 0 Å². The molecule has 0 bridgehead atoms. The largest absolute Gasteiger partial charge is 0.390 e. The standard InChI is InChI=1S/C15H22O3S/c1-10-6-8-13(9-7-10)19(18)14(12(3)16)11(2)15(4,5)17/h6-9,11,14,17H,1-5H3. The quantitative estimate of drug-likeness (QED) is 0.902. The third kappa shape index (κ3) is 3.98. The van der Waals surface area contributed by atoms with Crippen LogP contribution >= 0.6 is 0 Å². The van der Waals surface area contributed by atoms with Crippen LogP contribution in [-0.2, 0) is 15.6 Å². The van der Waals surface area contributed by atoms with Crippen LogP contribution in [0.25, 0.3) is 0 Å². The van der Waals surface area contributed by atoms with Crippen LogP contribution in [0.15, 0.2) is 29.2 Å². The molecule has 1 aromatic rings. The summed E-state index contributed by atoms with van der Waals surface area (Å²) in [6, 6.07) is 7.30. The van der Waals surface area contributed by atoms with E-state index < -0.39 is 21.7 Å². The van der Waals surface area contributed by atoms with Crippen LogP contribution in [0, 0.1) is 12.8 Å². The number of aryl methyl sites for hydroxylation is 1. The summed E-state index contributed by atoms with van der Waals surface area (Å²) in [4.78, 5) is 12.4. The number of carbonyl (C=O) groups excluding carboxylic acids is 1. The Hall–Kier alpha value is -1.00. The fraction of sp³-hybridized carbons (Fsp3) is 0.533. The second kappa shape index (κ2) is 5.97. The summed E-state index contributed by atoms with van der Waals surface area (Å²) in [7, 11) is -1.45. The number of hydrogen-bond donors (Lipinski definition) is 1. The highest BCUT2D eigenvalue weighted by molar-refractivity contribution is 7.86. The van der Waals surface area contributed by atoms with Gasteiger partial charge in [0.15, 0.2) is 0 Å². The summed E-state index contributed by atoms with van der Waals surface area (Å²) in [5.74, 6) is -0.541. The molecule has 0 saturated carbocycles. The molecule has 0 aromatic heterocycles. The van der Waals surface area contributed by atoms with Crippen LogP contribution in [-0.4, -0.2) is 25.9 Å². The molecule has 0 aliphatic carbocycles. The number of aliphatic hydroxyl groups is 1. The van der Waals surface area contributed by atoms with Crippen LogP contribution in [0.3, 0.4) is 0 Å². The number of carbonyl (C=O) groups is 1. The summed E-state index contributed by atoms with van der Waals surface area (Å²) >= 11 is 0. The number of hydrogen-bond acceptors (Lipinski definition) is 3. The Morgan fingerprint density at radius 3 is 2.11 bits per heavy atom. The first-order chi connectivity index (χ1) is 8.64. The molecule has 0 saturated heterocycles. The third-order valence-electron chi connectivity index (χ3n) is 3.45. The lowest BCUT2D eigenvalue weighted by atomic mass is 9.88. The Kier molecular flexibility index (Phi) is 5.04. The first kappa shape index (κ1) is 16.1. The molecule has 3 atom stereocenters. The van der Waals surface area contributed by atoms with Crippen molar-refractivity contribution in [3.8, 4) is 0 Å². The van der Waals surface area contributed by atoms with Gasteiger partial charge in [0, 0.05) is 10.8 Å². The van der Waals surface area contributed by atoms with E-state index in [4.69, 9.17) is 0 Å². The molecule has 0 heterocycles. The molecule has 4 heteroatoms. The molecule has 1 aromatic carbocycles. The van der Waals surface area contributed by atoms with E-state index in [9.17, 15) is 14.1 Å². The van der Waals surface area contributed by atoms with E-state index >= 15 is 0 Å². The fourth-order valence-electron chi connectivity index (χ4n) is 1.88. The molecule has 0 aliphatic heterocycles.